The smallest absolute Gasteiger partial charge is 0.202 e. The Kier molecular flexibility index (Phi) is 1.15. The molecule has 0 radical (unpaired) electrons. The second-order valence-electron chi connectivity index (χ2n) is 1.39. The van der Waals surface area contributed by atoms with Gasteiger partial charge < -0.3 is 10.2 Å². The van der Waals surface area contributed by atoms with Gasteiger partial charge in [-0.25, -0.2) is 0 Å². The molecule has 1 N–H and O–H groups in total. The van der Waals surface area contributed by atoms with Crippen LogP contribution in [0.1, 0.15) is 6.92 Å². The summed E-state index contributed by atoms with van der Waals surface area (Å²) in [7, 11) is 0. The molecule has 0 saturated heterocycles. The van der Waals surface area contributed by atoms with E-state index in [1.807, 2.05) is 6.92 Å². The highest BCUT2D eigenvalue weighted by atomic mass is 16.5. The van der Waals surface area contributed by atoms with Crippen molar-refractivity contribution in [3.8, 4) is 0 Å². The number of hydrogen-bond acceptors (Lipinski definition) is 3. The van der Waals surface area contributed by atoms with Crippen molar-refractivity contribution in [2.24, 2.45) is 5.10 Å². The van der Waals surface area contributed by atoms with Crippen LogP contribution in [-0.2, 0) is 4.74 Å². The third-order valence-electron chi connectivity index (χ3n) is 0.761. The number of hydrogen-bond donors (Lipinski definition) is 1. The maximum atomic E-state index is 4.97. The number of hydrazone groups is 1. The van der Waals surface area contributed by atoms with Crippen LogP contribution >= 0.6 is 0 Å². The topological polar surface area (TPSA) is 33.6 Å². The lowest BCUT2D eigenvalue weighted by molar-refractivity contribution is 0.275. The van der Waals surface area contributed by atoms with Gasteiger partial charge in [-0.2, -0.15) is 0 Å². The number of rotatable bonds is 0. The molecule has 0 unspecified atom stereocenters. The average molecular weight is 100 g/mol. The molecule has 0 bridgehead atoms. The fourth-order valence-electron chi connectivity index (χ4n) is 0.444. The van der Waals surface area contributed by atoms with E-state index in [1.165, 1.54) is 0 Å². The largest absolute Gasteiger partial charge is 0.478 e. The first-order valence-electron chi connectivity index (χ1n) is 2.29. The minimum absolute atomic E-state index is 0.728. The quantitative estimate of drug-likeness (QED) is 0.462. The van der Waals surface area contributed by atoms with Crippen LogP contribution < -0.4 is 5.43 Å². The first kappa shape index (κ1) is 4.43. The summed E-state index contributed by atoms with van der Waals surface area (Å²) in [6.45, 7) is 3.40. The summed E-state index contributed by atoms with van der Waals surface area (Å²) in [6.07, 6.45) is 0. The second-order valence-corrected chi connectivity index (χ2v) is 1.39. The summed E-state index contributed by atoms with van der Waals surface area (Å²) in [6, 6.07) is 0. The van der Waals surface area contributed by atoms with Crippen LogP contribution in [0.3, 0.4) is 0 Å². The van der Waals surface area contributed by atoms with Gasteiger partial charge in [-0.15, -0.1) is 5.10 Å². The Labute approximate surface area is 42.4 Å². The van der Waals surface area contributed by atoms with E-state index in [4.69, 9.17) is 4.74 Å². The molecule has 0 aromatic heterocycles. The van der Waals surface area contributed by atoms with Gasteiger partial charge in [0, 0.05) is 6.92 Å². The summed E-state index contributed by atoms with van der Waals surface area (Å²) in [5, 5.41) is 3.77. The van der Waals surface area contributed by atoms with Gasteiger partial charge in [0.2, 0.25) is 5.90 Å². The number of nitrogens with zero attached hydrogens (tertiary/aromatic N) is 1. The molecule has 3 heteroatoms. The molecule has 0 saturated carbocycles. The molecule has 1 rings (SSSR count). The molecule has 0 fully saturated rings. The highest BCUT2D eigenvalue weighted by Gasteiger charge is 1.95. The monoisotopic (exact) mass is 100 g/mol. The average Bonchev–Trinajstić information content (AvgIpc) is 1.69. The van der Waals surface area contributed by atoms with Crippen molar-refractivity contribution in [2.75, 3.05) is 13.2 Å². The maximum absolute atomic E-state index is 4.97. The van der Waals surface area contributed by atoms with Crippen LogP contribution in [0.5, 0.6) is 0 Å². The molecule has 0 atom stereocenters. The second kappa shape index (κ2) is 1.82. The van der Waals surface area contributed by atoms with Crippen LogP contribution in [0, 0.1) is 0 Å². The van der Waals surface area contributed by atoms with Gasteiger partial charge in [0.1, 0.15) is 6.61 Å². The van der Waals surface area contributed by atoms with Gasteiger partial charge in [0.05, 0.1) is 6.54 Å². The van der Waals surface area contributed by atoms with Crippen molar-refractivity contribution < 1.29 is 4.74 Å². The van der Waals surface area contributed by atoms with Gasteiger partial charge in [-0.3, -0.25) is 0 Å². The summed E-state index contributed by atoms with van der Waals surface area (Å²) in [5.74, 6) is 0.728. The van der Waals surface area contributed by atoms with E-state index in [0.717, 1.165) is 19.0 Å². The van der Waals surface area contributed by atoms with Crippen molar-refractivity contribution >= 4 is 5.90 Å². The van der Waals surface area contributed by atoms with Crippen molar-refractivity contribution in [2.45, 2.75) is 6.92 Å². The minimum atomic E-state index is 0.728. The van der Waals surface area contributed by atoms with Crippen LogP contribution in [0.4, 0.5) is 0 Å². The maximum Gasteiger partial charge on any atom is 0.202 e. The Morgan fingerprint density at radius 2 is 2.71 bits per heavy atom. The molecule has 3 nitrogen and oxygen atoms in total. The molecular formula is C4H8N2O. The molecule has 0 aromatic rings. The zero-order valence-electron chi connectivity index (χ0n) is 4.27. The molecule has 1 aliphatic heterocycles. The van der Waals surface area contributed by atoms with Crippen molar-refractivity contribution in [1.29, 1.82) is 0 Å². The van der Waals surface area contributed by atoms with Crippen molar-refractivity contribution in [3.05, 3.63) is 0 Å². The van der Waals surface area contributed by atoms with E-state index in [2.05, 4.69) is 10.5 Å². The van der Waals surface area contributed by atoms with Gasteiger partial charge in [-0.05, 0) is 0 Å². The Morgan fingerprint density at radius 1 is 1.86 bits per heavy atom. The van der Waals surface area contributed by atoms with E-state index >= 15 is 0 Å². The van der Waals surface area contributed by atoms with Crippen LogP contribution in [0.2, 0.25) is 0 Å². The third-order valence-corrected chi connectivity index (χ3v) is 0.761. The Morgan fingerprint density at radius 3 is 3.00 bits per heavy atom. The van der Waals surface area contributed by atoms with E-state index in [-0.39, 0.29) is 0 Å². The zero-order valence-corrected chi connectivity index (χ0v) is 4.27. The molecule has 40 valence electrons. The standard InChI is InChI=1S/C4H8N2O/c1-4-6-5-2-3-7-4/h5H,2-3H2,1H3. The first-order valence-corrected chi connectivity index (χ1v) is 2.29. The molecule has 7 heavy (non-hydrogen) atoms. The molecule has 1 aliphatic rings. The Balaban J connectivity index is 2.40. The van der Waals surface area contributed by atoms with Crippen LogP contribution in [0.15, 0.2) is 5.10 Å². The van der Waals surface area contributed by atoms with E-state index in [1.54, 1.807) is 0 Å². The summed E-state index contributed by atoms with van der Waals surface area (Å²) in [5.41, 5.74) is 2.80. The fourth-order valence-corrected chi connectivity index (χ4v) is 0.444. The zero-order chi connectivity index (χ0) is 5.11. The molecule has 1 heterocycles. The van der Waals surface area contributed by atoms with Crippen molar-refractivity contribution in [3.63, 3.8) is 0 Å². The van der Waals surface area contributed by atoms with E-state index in [9.17, 15) is 0 Å². The van der Waals surface area contributed by atoms with Crippen molar-refractivity contribution in [1.82, 2.24) is 5.43 Å². The fraction of sp³-hybridized carbons (Fsp3) is 0.750. The minimum Gasteiger partial charge on any atom is -0.478 e. The van der Waals surface area contributed by atoms with E-state index in [0.29, 0.717) is 0 Å². The molecular weight excluding hydrogens is 92.1 g/mol. The van der Waals surface area contributed by atoms with E-state index < -0.39 is 0 Å². The van der Waals surface area contributed by atoms with Gasteiger partial charge in [0.15, 0.2) is 0 Å². The normalized spacial score (nSPS) is 19.3. The predicted molar refractivity (Wildman–Crippen MR) is 27.1 cm³/mol. The SMILES string of the molecule is CC1=NNCCO1. The molecule has 0 aliphatic carbocycles. The number of nitrogens with one attached hydrogen (secondary N) is 1. The summed E-state index contributed by atoms with van der Waals surface area (Å²) in [4.78, 5) is 0. The van der Waals surface area contributed by atoms with Gasteiger partial charge in [0.25, 0.3) is 0 Å². The molecule has 0 aromatic carbocycles. The van der Waals surface area contributed by atoms with Gasteiger partial charge >= 0.3 is 0 Å². The van der Waals surface area contributed by atoms with Gasteiger partial charge in [-0.1, -0.05) is 0 Å². The lowest BCUT2D eigenvalue weighted by Crippen LogP contribution is -2.23. The predicted octanol–water partition coefficient (Wildman–Crippen LogP) is -0.0604. The Hall–Kier alpha value is -0.730. The molecule has 0 amide bonds. The Bertz CT molecular complexity index is 89.7. The van der Waals surface area contributed by atoms with Crippen LogP contribution in [-0.4, -0.2) is 19.0 Å². The lowest BCUT2D eigenvalue weighted by atomic mass is 10.6. The lowest BCUT2D eigenvalue weighted by Gasteiger charge is -2.09. The number of ether oxygens (including phenoxy) is 1. The molecule has 0 spiro atoms. The summed E-state index contributed by atoms with van der Waals surface area (Å²) < 4.78 is 4.97. The summed E-state index contributed by atoms with van der Waals surface area (Å²) >= 11 is 0. The van der Waals surface area contributed by atoms with Crippen LogP contribution in [0.25, 0.3) is 0 Å². The third kappa shape index (κ3) is 1.07. The highest BCUT2D eigenvalue weighted by Crippen LogP contribution is 1.83. The highest BCUT2D eigenvalue weighted by molar-refractivity contribution is 5.73. The first-order chi connectivity index (χ1) is 3.39.